The van der Waals surface area contributed by atoms with Crippen LogP contribution >= 0.6 is 0 Å². The number of hydrogen-bond acceptors (Lipinski definition) is 7. The Morgan fingerprint density at radius 2 is 1.54 bits per heavy atom. The monoisotopic (exact) mass is 555 g/mol. The van der Waals surface area contributed by atoms with Crippen molar-refractivity contribution in [1.29, 1.82) is 0 Å². The fourth-order valence-electron chi connectivity index (χ4n) is 5.76. The summed E-state index contributed by atoms with van der Waals surface area (Å²) in [5.41, 5.74) is 5.61. The third-order valence-corrected chi connectivity index (χ3v) is 8.07. The van der Waals surface area contributed by atoms with E-state index in [9.17, 15) is 9.90 Å². The predicted molar refractivity (Wildman–Crippen MR) is 153 cm³/mol. The molecule has 0 aliphatic carbocycles. The van der Waals surface area contributed by atoms with E-state index in [0.717, 1.165) is 64.4 Å². The number of nitrogens with two attached hydrogens (primary N) is 1. The summed E-state index contributed by atoms with van der Waals surface area (Å²) < 4.78 is 18.1. The van der Waals surface area contributed by atoms with Crippen LogP contribution in [0.25, 0.3) is 0 Å². The van der Waals surface area contributed by atoms with Gasteiger partial charge in [0.25, 0.3) is 0 Å². The molecule has 5 atom stereocenters. The first-order valence-electron chi connectivity index (χ1n) is 15.8. The maximum absolute atomic E-state index is 10.6. The Balaban J connectivity index is 1.41. The van der Waals surface area contributed by atoms with Gasteiger partial charge in [0.15, 0.2) is 5.79 Å². The van der Waals surface area contributed by atoms with Crippen LogP contribution in [0.5, 0.6) is 0 Å². The summed E-state index contributed by atoms with van der Waals surface area (Å²) >= 11 is 0. The lowest BCUT2D eigenvalue weighted by Gasteiger charge is -2.33. The fraction of sp³-hybridized carbons (Fsp3) is 0.903. The van der Waals surface area contributed by atoms with Crippen LogP contribution in [0.2, 0.25) is 0 Å². The SMILES string of the molecule is NC(CO)COCCCCCCCCCCCCCCCC12CCC(O)C(O1)C(CCCCC=CC(=O)O)O2. The summed E-state index contributed by atoms with van der Waals surface area (Å²) in [7, 11) is 0. The molecule has 2 heterocycles. The average Bonchev–Trinajstić information content (AvgIpc) is 3.23. The van der Waals surface area contributed by atoms with E-state index in [0.29, 0.717) is 6.61 Å². The molecule has 0 saturated carbocycles. The van der Waals surface area contributed by atoms with Crippen molar-refractivity contribution in [1.82, 2.24) is 0 Å². The van der Waals surface area contributed by atoms with Crippen molar-refractivity contribution in [3.8, 4) is 0 Å². The van der Waals surface area contributed by atoms with Gasteiger partial charge in [-0.05, 0) is 38.5 Å². The Morgan fingerprint density at radius 3 is 2.15 bits per heavy atom. The van der Waals surface area contributed by atoms with Crippen LogP contribution in [0.1, 0.15) is 128 Å². The van der Waals surface area contributed by atoms with Crippen molar-refractivity contribution < 1.29 is 34.3 Å². The Labute approximate surface area is 236 Å². The largest absolute Gasteiger partial charge is 0.478 e. The average molecular weight is 556 g/mol. The lowest BCUT2D eigenvalue weighted by molar-refractivity contribution is -0.214. The normalized spacial score (nSPS) is 25.5. The minimum atomic E-state index is -0.903. The van der Waals surface area contributed by atoms with Crippen molar-refractivity contribution in [2.75, 3.05) is 19.8 Å². The standard InChI is InChI=1S/C31H57NO7/c32-26(24-33)25-37-23-17-13-9-7-5-3-1-2-4-6-8-12-16-21-31-22-20-27(34)30(39-31)28(38-31)18-14-10-11-15-19-29(35)36/h15,19,26-28,30,33-34H,1-14,16-18,20-25,32H2,(H,35,36). The molecule has 2 fully saturated rings. The zero-order valence-electron chi connectivity index (χ0n) is 24.3. The highest BCUT2D eigenvalue weighted by atomic mass is 16.8. The van der Waals surface area contributed by atoms with Crippen LogP contribution in [-0.4, -0.2) is 71.3 Å². The summed E-state index contributed by atoms with van der Waals surface area (Å²) in [5.74, 6) is -1.40. The van der Waals surface area contributed by atoms with Gasteiger partial charge in [0.1, 0.15) is 6.10 Å². The molecule has 8 heteroatoms. The van der Waals surface area contributed by atoms with E-state index in [1.54, 1.807) is 6.08 Å². The van der Waals surface area contributed by atoms with E-state index in [1.807, 2.05) is 0 Å². The lowest BCUT2D eigenvalue weighted by atomic mass is 9.94. The van der Waals surface area contributed by atoms with Crippen LogP contribution in [0.15, 0.2) is 12.2 Å². The fourth-order valence-corrected chi connectivity index (χ4v) is 5.76. The number of hydrogen-bond donors (Lipinski definition) is 4. The molecule has 0 spiro atoms. The van der Waals surface area contributed by atoms with Gasteiger partial charge in [-0.25, -0.2) is 4.79 Å². The summed E-state index contributed by atoms with van der Waals surface area (Å²) in [6, 6.07) is -0.250. The quantitative estimate of drug-likeness (QED) is 0.0843. The second kappa shape index (κ2) is 20.8. The van der Waals surface area contributed by atoms with Crippen molar-refractivity contribution >= 4 is 5.97 Å². The van der Waals surface area contributed by atoms with E-state index in [-0.39, 0.29) is 24.9 Å². The maximum atomic E-state index is 10.6. The van der Waals surface area contributed by atoms with Crippen LogP contribution < -0.4 is 5.73 Å². The van der Waals surface area contributed by atoms with E-state index >= 15 is 0 Å². The molecule has 2 saturated heterocycles. The number of fused-ring (bicyclic) bond motifs is 2. The highest BCUT2D eigenvalue weighted by Gasteiger charge is 2.52. The van der Waals surface area contributed by atoms with E-state index < -0.39 is 17.9 Å². The number of aliphatic hydroxyl groups excluding tert-OH is 2. The molecule has 8 nitrogen and oxygen atoms in total. The molecule has 2 bridgehead atoms. The number of carboxylic acid groups (broad SMARTS) is 1. The van der Waals surface area contributed by atoms with Gasteiger partial charge < -0.3 is 35.3 Å². The molecule has 228 valence electrons. The number of ether oxygens (including phenoxy) is 3. The molecule has 0 amide bonds. The van der Waals surface area contributed by atoms with Crippen molar-refractivity contribution in [3.05, 3.63) is 12.2 Å². The Bertz CT molecular complexity index is 661. The molecule has 0 aromatic rings. The zero-order valence-corrected chi connectivity index (χ0v) is 24.3. The first-order chi connectivity index (χ1) is 19.0. The molecule has 0 aromatic carbocycles. The smallest absolute Gasteiger partial charge is 0.327 e. The summed E-state index contributed by atoms with van der Waals surface area (Å²) in [6.07, 6.45) is 24.5. The Morgan fingerprint density at radius 1 is 0.923 bits per heavy atom. The molecule has 2 aliphatic heterocycles. The minimum Gasteiger partial charge on any atom is -0.478 e. The van der Waals surface area contributed by atoms with Crippen LogP contribution in [0.4, 0.5) is 0 Å². The third-order valence-electron chi connectivity index (χ3n) is 8.07. The van der Waals surface area contributed by atoms with E-state index in [4.69, 9.17) is 30.2 Å². The second-order valence-corrected chi connectivity index (χ2v) is 11.6. The minimum absolute atomic E-state index is 0.0140. The zero-order chi connectivity index (χ0) is 28.2. The van der Waals surface area contributed by atoms with Crippen LogP contribution in [0.3, 0.4) is 0 Å². The number of aliphatic hydroxyl groups is 2. The molecule has 2 rings (SSSR count). The van der Waals surface area contributed by atoms with Crippen molar-refractivity contribution in [2.45, 2.75) is 159 Å². The van der Waals surface area contributed by atoms with Gasteiger partial charge in [-0.15, -0.1) is 0 Å². The van der Waals surface area contributed by atoms with Gasteiger partial charge in [-0.2, -0.15) is 0 Å². The molecule has 5 N–H and O–H groups in total. The topological polar surface area (TPSA) is 131 Å². The molecule has 5 unspecified atom stereocenters. The second-order valence-electron chi connectivity index (χ2n) is 11.6. The van der Waals surface area contributed by atoms with Gasteiger partial charge in [0.05, 0.1) is 31.5 Å². The van der Waals surface area contributed by atoms with Crippen LogP contribution in [0, 0.1) is 0 Å². The molecular weight excluding hydrogens is 498 g/mol. The van der Waals surface area contributed by atoms with Crippen molar-refractivity contribution in [3.63, 3.8) is 0 Å². The first kappa shape index (κ1) is 34.2. The molecule has 39 heavy (non-hydrogen) atoms. The number of allylic oxidation sites excluding steroid dienone is 1. The Hall–Kier alpha value is -1.03. The number of rotatable bonds is 25. The van der Waals surface area contributed by atoms with E-state index in [2.05, 4.69) is 0 Å². The van der Waals surface area contributed by atoms with Gasteiger partial charge in [0, 0.05) is 25.5 Å². The predicted octanol–water partition coefficient (Wildman–Crippen LogP) is 5.62. The van der Waals surface area contributed by atoms with Gasteiger partial charge in [-0.3, -0.25) is 0 Å². The summed E-state index contributed by atoms with van der Waals surface area (Å²) in [6.45, 7) is 1.18. The van der Waals surface area contributed by atoms with Gasteiger partial charge >= 0.3 is 5.97 Å². The highest BCUT2D eigenvalue weighted by Crippen LogP contribution is 2.44. The number of unbranched alkanes of at least 4 members (excludes halogenated alkanes) is 14. The van der Waals surface area contributed by atoms with Crippen LogP contribution in [-0.2, 0) is 19.0 Å². The summed E-state index contributed by atoms with van der Waals surface area (Å²) in [5, 5.41) is 27.9. The highest BCUT2D eigenvalue weighted by molar-refractivity contribution is 5.79. The van der Waals surface area contributed by atoms with Crippen molar-refractivity contribution in [2.24, 2.45) is 5.73 Å². The molecule has 0 aromatic heterocycles. The van der Waals surface area contributed by atoms with Gasteiger partial charge in [0.2, 0.25) is 0 Å². The van der Waals surface area contributed by atoms with Gasteiger partial charge in [-0.1, -0.05) is 83.1 Å². The maximum Gasteiger partial charge on any atom is 0.327 e. The lowest BCUT2D eigenvalue weighted by Crippen LogP contribution is -2.41. The molecule has 0 radical (unpaired) electrons. The first-order valence-corrected chi connectivity index (χ1v) is 15.8. The number of aliphatic carboxylic acids is 1. The molecule has 2 aliphatic rings. The van der Waals surface area contributed by atoms with E-state index in [1.165, 1.54) is 76.7 Å². The Kier molecular flexibility index (Phi) is 18.2. The molecular formula is C31H57NO7. The summed E-state index contributed by atoms with van der Waals surface area (Å²) in [4.78, 5) is 10.6. The third kappa shape index (κ3) is 15.0. The number of carboxylic acids is 1. The number of carbonyl (C=O) groups is 1.